The summed E-state index contributed by atoms with van der Waals surface area (Å²) in [5.74, 6) is -0.262. The molecule has 32 heavy (non-hydrogen) atoms. The number of aromatic nitrogens is 4. The summed E-state index contributed by atoms with van der Waals surface area (Å²) in [4.78, 5) is 7.07. The summed E-state index contributed by atoms with van der Waals surface area (Å²) in [6.45, 7) is 8.14. The third kappa shape index (κ3) is 3.30. The van der Waals surface area contributed by atoms with Gasteiger partial charge in [-0.05, 0) is 88.3 Å². The zero-order valence-corrected chi connectivity index (χ0v) is 20.1. The second-order valence-electron chi connectivity index (χ2n) is 8.91. The lowest BCUT2D eigenvalue weighted by atomic mass is 9.92. The number of hydrogen-bond acceptors (Lipinski definition) is 5. The highest BCUT2D eigenvalue weighted by molar-refractivity contribution is 7.98. The van der Waals surface area contributed by atoms with Crippen molar-refractivity contribution in [1.82, 2.24) is 24.9 Å². The Morgan fingerprint density at radius 1 is 1.06 bits per heavy atom. The molecule has 0 aliphatic carbocycles. The Morgan fingerprint density at radius 2 is 1.81 bits per heavy atom. The molecule has 166 valence electrons. The molecule has 0 atom stereocenters. The summed E-state index contributed by atoms with van der Waals surface area (Å²) < 4.78 is 18.2. The van der Waals surface area contributed by atoms with Gasteiger partial charge in [-0.2, -0.15) is 0 Å². The summed E-state index contributed by atoms with van der Waals surface area (Å²) in [5.41, 5.74) is 6.79. The van der Waals surface area contributed by atoms with Crippen LogP contribution in [0.5, 0.6) is 0 Å². The fourth-order valence-corrected chi connectivity index (χ4v) is 5.40. The monoisotopic (exact) mass is 449 g/mol. The van der Waals surface area contributed by atoms with E-state index >= 15 is 4.39 Å². The van der Waals surface area contributed by atoms with E-state index in [0.717, 1.165) is 69.6 Å². The van der Waals surface area contributed by atoms with E-state index in [4.69, 9.17) is 4.98 Å². The Labute approximate surface area is 192 Å². The van der Waals surface area contributed by atoms with Crippen molar-refractivity contribution in [2.45, 2.75) is 44.7 Å². The van der Waals surface area contributed by atoms with Crippen LogP contribution >= 0.6 is 11.8 Å². The number of likely N-dealkylation sites (tertiary alicyclic amines) is 1. The van der Waals surface area contributed by atoms with Crippen molar-refractivity contribution >= 4 is 33.7 Å². The van der Waals surface area contributed by atoms with E-state index in [9.17, 15) is 0 Å². The van der Waals surface area contributed by atoms with Crippen molar-refractivity contribution in [3.8, 4) is 11.1 Å². The number of piperidine rings is 1. The standard InChI is InChI=1S/C25H28FN5S/c1-14-7-6-8-18(16(14)3)20-15(2)13-19-22(21(20)26)27-25(32-5)23-24(19)31(29-28-23)17-9-11-30(4)12-10-17/h6-8,13,17H,9-12H2,1-5H3. The summed E-state index contributed by atoms with van der Waals surface area (Å²) >= 11 is 1.49. The van der Waals surface area contributed by atoms with Crippen LogP contribution in [0.1, 0.15) is 35.6 Å². The van der Waals surface area contributed by atoms with Crippen LogP contribution in [0, 0.1) is 26.6 Å². The van der Waals surface area contributed by atoms with Gasteiger partial charge in [0, 0.05) is 10.9 Å². The third-order valence-corrected chi connectivity index (χ3v) is 7.58. The number of thioether (sulfide) groups is 1. The molecular formula is C25H28FN5S. The Hall–Kier alpha value is -2.51. The Balaban J connectivity index is 1.80. The highest BCUT2D eigenvalue weighted by atomic mass is 32.2. The number of halogens is 1. The maximum atomic E-state index is 16.2. The molecule has 1 fully saturated rings. The first-order valence-corrected chi connectivity index (χ1v) is 12.3. The van der Waals surface area contributed by atoms with E-state index in [1.807, 2.05) is 30.0 Å². The molecule has 5 nitrogen and oxygen atoms in total. The summed E-state index contributed by atoms with van der Waals surface area (Å²) in [6.07, 6.45) is 3.98. The van der Waals surface area contributed by atoms with E-state index in [0.29, 0.717) is 11.1 Å². The fourth-order valence-electron chi connectivity index (χ4n) is 4.89. The largest absolute Gasteiger partial charge is 0.306 e. The van der Waals surface area contributed by atoms with Gasteiger partial charge >= 0.3 is 0 Å². The van der Waals surface area contributed by atoms with Crippen molar-refractivity contribution in [2.24, 2.45) is 0 Å². The number of hydrogen-bond donors (Lipinski definition) is 0. The molecule has 1 aliphatic rings. The van der Waals surface area contributed by atoms with Gasteiger partial charge in [0.15, 0.2) is 5.82 Å². The summed E-state index contributed by atoms with van der Waals surface area (Å²) in [7, 11) is 2.15. The Morgan fingerprint density at radius 3 is 2.53 bits per heavy atom. The Kier molecular flexibility index (Phi) is 5.42. The molecule has 0 saturated carbocycles. The number of benzene rings is 2. The average molecular weight is 450 g/mol. The molecule has 2 aromatic carbocycles. The number of fused-ring (bicyclic) bond motifs is 3. The van der Waals surface area contributed by atoms with E-state index in [2.05, 4.69) is 48.2 Å². The molecule has 7 heteroatoms. The lowest BCUT2D eigenvalue weighted by Crippen LogP contribution is -2.31. The Bertz CT molecular complexity index is 1340. The fraction of sp³-hybridized carbons (Fsp3) is 0.400. The van der Waals surface area contributed by atoms with Crippen LogP contribution in [-0.4, -0.2) is 51.3 Å². The van der Waals surface area contributed by atoms with Crippen molar-refractivity contribution in [1.29, 1.82) is 0 Å². The molecule has 2 aromatic heterocycles. The molecule has 0 amide bonds. The van der Waals surface area contributed by atoms with E-state index in [1.54, 1.807) is 0 Å². The lowest BCUT2D eigenvalue weighted by Gasteiger charge is -2.29. The van der Waals surface area contributed by atoms with Gasteiger partial charge in [0.2, 0.25) is 0 Å². The third-order valence-electron chi connectivity index (χ3n) is 6.90. The van der Waals surface area contributed by atoms with Crippen LogP contribution in [0.15, 0.2) is 29.3 Å². The molecule has 0 N–H and O–H groups in total. The van der Waals surface area contributed by atoms with Crippen LogP contribution in [0.4, 0.5) is 4.39 Å². The first kappa shape index (κ1) is 21.3. The first-order valence-electron chi connectivity index (χ1n) is 11.1. The predicted molar refractivity (Wildman–Crippen MR) is 130 cm³/mol. The average Bonchev–Trinajstić information content (AvgIpc) is 3.22. The van der Waals surface area contributed by atoms with Gasteiger partial charge in [-0.15, -0.1) is 16.9 Å². The maximum absolute atomic E-state index is 16.2. The number of nitrogens with zero attached hydrogens (tertiary/aromatic N) is 5. The summed E-state index contributed by atoms with van der Waals surface area (Å²) in [6, 6.07) is 8.39. The van der Waals surface area contributed by atoms with Gasteiger partial charge in [0.25, 0.3) is 0 Å². The molecule has 3 heterocycles. The predicted octanol–water partition coefficient (Wildman–Crippen LogP) is 5.70. The second kappa shape index (κ2) is 8.12. The molecule has 0 bridgehead atoms. The maximum Gasteiger partial charge on any atom is 0.157 e. The lowest BCUT2D eigenvalue weighted by molar-refractivity contribution is 0.214. The number of aryl methyl sites for hydroxylation is 2. The SMILES string of the molecule is CSc1nc2c(F)c(-c3cccc(C)c3C)c(C)cc2c2c1nnn2C1CCN(C)CC1. The molecule has 4 aromatic rings. The normalized spacial score (nSPS) is 15.8. The summed E-state index contributed by atoms with van der Waals surface area (Å²) in [5, 5.41) is 10.6. The molecule has 1 saturated heterocycles. The second-order valence-corrected chi connectivity index (χ2v) is 9.71. The topological polar surface area (TPSA) is 46.8 Å². The first-order chi connectivity index (χ1) is 15.4. The minimum absolute atomic E-state index is 0.262. The quantitative estimate of drug-likeness (QED) is 0.376. The van der Waals surface area contributed by atoms with Crippen LogP contribution < -0.4 is 0 Å². The molecular weight excluding hydrogens is 421 g/mol. The zero-order valence-electron chi connectivity index (χ0n) is 19.2. The van der Waals surface area contributed by atoms with Gasteiger partial charge in [0.1, 0.15) is 21.6 Å². The van der Waals surface area contributed by atoms with Crippen LogP contribution in [-0.2, 0) is 0 Å². The van der Waals surface area contributed by atoms with Gasteiger partial charge in [-0.3, -0.25) is 0 Å². The molecule has 0 radical (unpaired) electrons. The van der Waals surface area contributed by atoms with E-state index < -0.39 is 0 Å². The van der Waals surface area contributed by atoms with Crippen molar-refractivity contribution in [3.05, 3.63) is 46.8 Å². The molecule has 1 aliphatic heterocycles. The van der Waals surface area contributed by atoms with Crippen molar-refractivity contribution < 1.29 is 4.39 Å². The van der Waals surface area contributed by atoms with Gasteiger partial charge < -0.3 is 4.90 Å². The van der Waals surface area contributed by atoms with Gasteiger partial charge in [0.05, 0.1) is 6.04 Å². The van der Waals surface area contributed by atoms with Gasteiger partial charge in [-0.25, -0.2) is 14.1 Å². The molecule has 5 rings (SSSR count). The van der Waals surface area contributed by atoms with E-state index in [-0.39, 0.29) is 11.9 Å². The van der Waals surface area contributed by atoms with Crippen LogP contribution in [0.2, 0.25) is 0 Å². The number of pyridine rings is 1. The minimum Gasteiger partial charge on any atom is -0.306 e. The highest BCUT2D eigenvalue weighted by Gasteiger charge is 2.26. The van der Waals surface area contributed by atoms with Gasteiger partial charge in [-0.1, -0.05) is 23.4 Å². The van der Waals surface area contributed by atoms with Crippen molar-refractivity contribution in [3.63, 3.8) is 0 Å². The number of rotatable bonds is 3. The zero-order chi connectivity index (χ0) is 22.6. The minimum atomic E-state index is -0.262. The van der Waals surface area contributed by atoms with Crippen LogP contribution in [0.25, 0.3) is 33.1 Å². The van der Waals surface area contributed by atoms with Crippen LogP contribution in [0.3, 0.4) is 0 Å². The highest BCUT2D eigenvalue weighted by Crippen LogP contribution is 2.39. The smallest absolute Gasteiger partial charge is 0.157 e. The molecule has 0 spiro atoms. The van der Waals surface area contributed by atoms with Crippen molar-refractivity contribution in [2.75, 3.05) is 26.4 Å². The van der Waals surface area contributed by atoms with E-state index in [1.165, 1.54) is 11.8 Å². The molecule has 0 unspecified atom stereocenters.